The van der Waals surface area contributed by atoms with E-state index in [1.807, 2.05) is 48.5 Å². The summed E-state index contributed by atoms with van der Waals surface area (Å²) in [5.74, 6) is 2.33. The predicted molar refractivity (Wildman–Crippen MR) is 199 cm³/mol. The maximum absolute atomic E-state index is 4.12. The van der Waals surface area contributed by atoms with Crippen LogP contribution in [-0.2, 0) is 6.42 Å². The van der Waals surface area contributed by atoms with Gasteiger partial charge in [0.2, 0.25) is 0 Å². The SMILES string of the molecule is C/C=C(C)/C=C(/CC(C)C)CC(C)C(C)C.C=C(C)C(=C)c1ccc(-c2ccccc2CC)cc1C.CC.CC.CC. The lowest BCUT2D eigenvalue weighted by Gasteiger charge is -2.19. The van der Waals surface area contributed by atoms with Crippen molar-refractivity contribution in [2.45, 2.75) is 130 Å². The second-order valence-corrected chi connectivity index (χ2v) is 11.2. The number of rotatable bonds is 10. The van der Waals surface area contributed by atoms with Crippen LogP contribution >= 0.6 is 0 Å². The molecule has 0 aliphatic carbocycles. The van der Waals surface area contributed by atoms with E-state index in [1.54, 1.807) is 5.57 Å². The quantitative estimate of drug-likeness (QED) is 0.248. The molecule has 0 aliphatic heterocycles. The molecule has 1 atom stereocenters. The summed E-state index contributed by atoms with van der Waals surface area (Å²) >= 11 is 0. The Labute approximate surface area is 265 Å². The molecular formula is C42H70. The number of hydrogen-bond acceptors (Lipinski definition) is 0. The monoisotopic (exact) mass is 575 g/mol. The Balaban J connectivity index is -0.000000627. The summed E-state index contributed by atoms with van der Waals surface area (Å²) in [6.45, 7) is 42.4. The smallest absolute Gasteiger partial charge is 0.0152 e. The largest absolute Gasteiger partial charge is 0.0955 e. The molecule has 0 spiro atoms. The first kappa shape index (κ1) is 43.8. The Bertz CT molecular complexity index is 1060. The zero-order valence-corrected chi connectivity index (χ0v) is 31.0. The molecule has 0 aliphatic rings. The molecule has 0 aromatic heterocycles. The van der Waals surface area contributed by atoms with Gasteiger partial charge in [0.05, 0.1) is 0 Å². The zero-order valence-electron chi connectivity index (χ0n) is 31.0. The second kappa shape index (κ2) is 26.1. The molecule has 0 saturated carbocycles. The summed E-state index contributed by atoms with van der Waals surface area (Å²) in [6, 6.07) is 15.2. The number of hydrogen-bond donors (Lipinski definition) is 0. The van der Waals surface area contributed by atoms with Gasteiger partial charge in [0.15, 0.2) is 0 Å². The molecule has 0 bridgehead atoms. The fraction of sp³-hybridized carbons (Fsp3) is 0.524. The zero-order chi connectivity index (χ0) is 33.4. The molecule has 0 N–H and O–H groups in total. The highest BCUT2D eigenvalue weighted by Gasteiger charge is 2.11. The second-order valence-electron chi connectivity index (χ2n) is 11.2. The lowest BCUT2D eigenvalue weighted by molar-refractivity contribution is 0.407. The third-order valence-electron chi connectivity index (χ3n) is 7.06. The van der Waals surface area contributed by atoms with Crippen molar-refractivity contribution in [2.75, 3.05) is 0 Å². The molecule has 42 heavy (non-hydrogen) atoms. The van der Waals surface area contributed by atoms with E-state index in [2.05, 4.69) is 130 Å². The van der Waals surface area contributed by atoms with Crippen LogP contribution in [0, 0.1) is 24.7 Å². The van der Waals surface area contributed by atoms with E-state index in [0.717, 1.165) is 35.3 Å². The van der Waals surface area contributed by atoms with Crippen molar-refractivity contribution >= 4 is 5.57 Å². The summed E-state index contributed by atoms with van der Waals surface area (Å²) in [7, 11) is 0. The standard InChI is InChI=1S/C20H22.C16H30.3C2H6/c1-6-17-9-7-8-10-20(17)18-11-12-19(15(4)13-18)16(5)14(2)3;1-8-14(6)10-16(9-12(2)3)11-15(7)13(4)5;3*1-2/h7-13H,2,5-6H2,1,3-4H3;8,10,12-13,15H,9,11H2,1-7H3;3*1-2H3/b;14-8+,16-10-;;;. The van der Waals surface area contributed by atoms with E-state index in [9.17, 15) is 0 Å². The van der Waals surface area contributed by atoms with Crippen molar-refractivity contribution in [3.63, 3.8) is 0 Å². The van der Waals surface area contributed by atoms with E-state index in [-0.39, 0.29) is 0 Å². The Morgan fingerprint density at radius 3 is 1.79 bits per heavy atom. The van der Waals surface area contributed by atoms with Crippen LogP contribution in [-0.4, -0.2) is 0 Å². The average molecular weight is 575 g/mol. The van der Waals surface area contributed by atoms with Crippen LogP contribution < -0.4 is 0 Å². The van der Waals surface area contributed by atoms with E-state index >= 15 is 0 Å². The molecule has 2 rings (SSSR count). The number of aryl methyl sites for hydroxylation is 2. The molecule has 1 unspecified atom stereocenters. The Morgan fingerprint density at radius 1 is 0.810 bits per heavy atom. The summed E-state index contributed by atoms with van der Waals surface area (Å²) in [6.07, 6.45) is 8.12. The van der Waals surface area contributed by atoms with Gasteiger partial charge in [0.1, 0.15) is 0 Å². The fourth-order valence-corrected chi connectivity index (χ4v) is 4.29. The highest BCUT2D eigenvalue weighted by Crippen LogP contribution is 2.30. The highest BCUT2D eigenvalue weighted by atomic mass is 14.2. The van der Waals surface area contributed by atoms with E-state index in [4.69, 9.17) is 0 Å². The van der Waals surface area contributed by atoms with Crippen molar-refractivity contribution in [1.82, 2.24) is 0 Å². The van der Waals surface area contributed by atoms with Gasteiger partial charge in [-0.25, -0.2) is 0 Å². The molecule has 0 heteroatoms. The van der Waals surface area contributed by atoms with E-state index in [1.165, 1.54) is 46.2 Å². The lowest BCUT2D eigenvalue weighted by Crippen LogP contribution is -2.06. The van der Waals surface area contributed by atoms with Crippen molar-refractivity contribution < 1.29 is 0 Å². The molecule has 0 amide bonds. The Morgan fingerprint density at radius 2 is 1.36 bits per heavy atom. The third kappa shape index (κ3) is 17.4. The molecule has 0 radical (unpaired) electrons. The maximum atomic E-state index is 4.12. The van der Waals surface area contributed by atoms with Gasteiger partial charge in [-0.05, 0) is 98.1 Å². The van der Waals surface area contributed by atoms with Crippen LogP contribution in [0.4, 0.5) is 0 Å². The van der Waals surface area contributed by atoms with Crippen LogP contribution in [0.3, 0.4) is 0 Å². The first-order chi connectivity index (χ1) is 19.9. The minimum Gasteiger partial charge on any atom is -0.0955 e. The Hall–Kier alpha value is -2.60. The maximum Gasteiger partial charge on any atom is -0.0152 e. The lowest BCUT2D eigenvalue weighted by atomic mass is 9.87. The minimum atomic E-state index is 0.760. The molecule has 0 heterocycles. The minimum absolute atomic E-state index is 0.760. The van der Waals surface area contributed by atoms with Crippen molar-refractivity contribution in [3.8, 4) is 11.1 Å². The molecule has 2 aromatic rings. The van der Waals surface area contributed by atoms with E-state index < -0.39 is 0 Å². The molecular weight excluding hydrogens is 504 g/mol. The number of allylic oxidation sites excluding steroid dienone is 6. The van der Waals surface area contributed by atoms with Crippen LogP contribution in [0.15, 0.2) is 84.5 Å². The van der Waals surface area contributed by atoms with Crippen LogP contribution in [0.1, 0.15) is 133 Å². The molecule has 238 valence electrons. The van der Waals surface area contributed by atoms with Crippen molar-refractivity contribution in [1.29, 1.82) is 0 Å². The van der Waals surface area contributed by atoms with Crippen LogP contribution in [0.25, 0.3) is 16.7 Å². The van der Waals surface area contributed by atoms with Gasteiger partial charge >= 0.3 is 0 Å². The average Bonchev–Trinajstić information content (AvgIpc) is 2.99. The summed E-state index contributed by atoms with van der Waals surface area (Å²) in [5.41, 5.74) is 11.5. The summed E-state index contributed by atoms with van der Waals surface area (Å²) in [5, 5.41) is 0. The normalized spacial score (nSPS) is 11.5. The fourth-order valence-electron chi connectivity index (χ4n) is 4.29. The molecule has 2 aromatic carbocycles. The summed E-state index contributed by atoms with van der Waals surface area (Å²) in [4.78, 5) is 0. The van der Waals surface area contributed by atoms with Crippen molar-refractivity contribution in [3.05, 3.63) is 101 Å². The van der Waals surface area contributed by atoms with E-state index in [0.29, 0.717) is 0 Å². The van der Waals surface area contributed by atoms with Gasteiger partial charge in [0.25, 0.3) is 0 Å². The van der Waals surface area contributed by atoms with Gasteiger partial charge < -0.3 is 0 Å². The number of benzene rings is 2. The highest BCUT2D eigenvalue weighted by molar-refractivity contribution is 5.80. The van der Waals surface area contributed by atoms with Gasteiger partial charge in [-0.2, -0.15) is 0 Å². The summed E-state index contributed by atoms with van der Waals surface area (Å²) < 4.78 is 0. The molecule has 0 nitrogen and oxygen atoms in total. The third-order valence-corrected chi connectivity index (χ3v) is 7.06. The van der Waals surface area contributed by atoms with Crippen LogP contribution in [0.5, 0.6) is 0 Å². The first-order valence-corrected chi connectivity index (χ1v) is 16.8. The van der Waals surface area contributed by atoms with Gasteiger partial charge in [-0.3, -0.25) is 0 Å². The predicted octanol–water partition coefficient (Wildman–Crippen LogP) is 14.5. The van der Waals surface area contributed by atoms with Crippen molar-refractivity contribution in [2.24, 2.45) is 17.8 Å². The Kier molecular flexibility index (Phi) is 27.2. The topological polar surface area (TPSA) is 0 Å². The first-order valence-electron chi connectivity index (χ1n) is 16.8. The van der Waals surface area contributed by atoms with Crippen LogP contribution in [0.2, 0.25) is 0 Å². The van der Waals surface area contributed by atoms with Gasteiger partial charge in [0, 0.05) is 0 Å². The molecule has 0 saturated heterocycles. The molecule has 0 fully saturated rings. The van der Waals surface area contributed by atoms with Gasteiger partial charge in [-0.15, -0.1) is 0 Å². The van der Waals surface area contributed by atoms with Gasteiger partial charge in [-0.1, -0.05) is 168 Å².